The summed E-state index contributed by atoms with van der Waals surface area (Å²) in [4.78, 5) is 11.7. The molecule has 0 saturated carbocycles. The van der Waals surface area contributed by atoms with Crippen molar-refractivity contribution in [1.29, 1.82) is 5.26 Å². The van der Waals surface area contributed by atoms with E-state index in [-0.39, 0.29) is 5.91 Å². The molecule has 20 heavy (non-hydrogen) atoms. The molecule has 0 aliphatic rings. The van der Waals surface area contributed by atoms with E-state index in [2.05, 4.69) is 21.6 Å². The van der Waals surface area contributed by atoms with Crippen LogP contribution in [0.1, 0.15) is 16.1 Å². The molecule has 0 radical (unpaired) electrons. The van der Waals surface area contributed by atoms with Gasteiger partial charge in [0.25, 0.3) is 0 Å². The monoisotopic (exact) mass is 304 g/mol. The second kappa shape index (κ2) is 7.03. The molecule has 0 bridgehead atoms. The van der Waals surface area contributed by atoms with Gasteiger partial charge in [-0.15, -0.1) is 22.0 Å². The number of anilines is 1. The summed E-state index contributed by atoms with van der Waals surface area (Å²) < 4.78 is 0. The van der Waals surface area contributed by atoms with E-state index in [1.165, 1.54) is 23.1 Å². The van der Waals surface area contributed by atoms with Crippen molar-refractivity contribution >= 4 is 34.1 Å². The molecular weight excluding hydrogens is 292 g/mol. The summed E-state index contributed by atoms with van der Waals surface area (Å²) in [5.74, 6) is 1.01. The standard InChI is InChI=1S/C13H12N4OS2/c1-9-16-17-13(20-9)15-12(18)8-19-7-11-4-2-10(6-14)3-5-11/h2-5H,7-8H2,1H3,(H,15,17,18). The molecule has 1 N–H and O–H groups in total. The Hall–Kier alpha value is -1.91. The number of thioether (sulfide) groups is 1. The highest BCUT2D eigenvalue weighted by molar-refractivity contribution is 7.99. The molecule has 0 spiro atoms. The van der Waals surface area contributed by atoms with E-state index in [1.807, 2.05) is 19.1 Å². The van der Waals surface area contributed by atoms with Crippen molar-refractivity contribution in [3.63, 3.8) is 0 Å². The Morgan fingerprint density at radius 3 is 2.75 bits per heavy atom. The average Bonchev–Trinajstić information content (AvgIpc) is 2.85. The maximum absolute atomic E-state index is 11.7. The molecule has 0 aliphatic heterocycles. The smallest absolute Gasteiger partial charge is 0.236 e. The number of benzene rings is 1. The number of hydrogen-bond donors (Lipinski definition) is 1. The number of hydrogen-bond acceptors (Lipinski definition) is 6. The molecule has 0 fully saturated rings. The normalized spacial score (nSPS) is 10.0. The number of nitrogens with zero attached hydrogens (tertiary/aromatic N) is 3. The van der Waals surface area contributed by atoms with Crippen molar-refractivity contribution in [2.24, 2.45) is 0 Å². The second-order valence-corrected chi connectivity index (χ2v) is 6.14. The Bertz CT molecular complexity index is 631. The number of nitrogens with one attached hydrogen (secondary N) is 1. The highest BCUT2D eigenvalue weighted by atomic mass is 32.2. The van der Waals surface area contributed by atoms with Crippen molar-refractivity contribution in [2.45, 2.75) is 12.7 Å². The molecule has 0 saturated heterocycles. The van der Waals surface area contributed by atoms with E-state index < -0.39 is 0 Å². The quantitative estimate of drug-likeness (QED) is 0.918. The van der Waals surface area contributed by atoms with Crippen LogP contribution in [0, 0.1) is 18.3 Å². The minimum Gasteiger partial charge on any atom is -0.300 e. The number of carbonyl (C=O) groups excluding carboxylic acids is 1. The van der Waals surface area contributed by atoms with Gasteiger partial charge in [0, 0.05) is 5.75 Å². The lowest BCUT2D eigenvalue weighted by Gasteiger charge is -2.02. The summed E-state index contributed by atoms with van der Waals surface area (Å²) in [5.41, 5.74) is 1.73. The van der Waals surface area contributed by atoms with E-state index in [0.717, 1.165) is 16.3 Å². The summed E-state index contributed by atoms with van der Waals surface area (Å²) >= 11 is 2.87. The summed E-state index contributed by atoms with van der Waals surface area (Å²) in [6.45, 7) is 1.84. The van der Waals surface area contributed by atoms with Gasteiger partial charge in [-0.3, -0.25) is 10.1 Å². The Labute approximate surface area is 125 Å². The van der Waals surface area contributed by atoms with Crippen LogP contribution in [-0.2, 0) is 10.5 Å². The summed E-state index contributed by atoms with van der Waals surface area (Å²) in [5, 5.41) is 20.4. The van der Waals surface area contributed by atoms with Crippen LogP contribution in [0.4, 0.5) is 5.13 Å². The van der Waals surface area contributed by atoms with Gasteiger partial charge < -0.3 is 0 Å². The van der Waals surface area contributed by atoms with Crippen molar-refractivity contribution in [3.8, 4) is 6.07 Å². The first-order valence-electron chi connectivity index (χ1n) is 5.84. The third-order valence-electron chi connectivity index (χ3n) is 2.36. The van der Waals surface area contributed by atoms with Gasteiger partial charge in [0.1, 0.15) is 5.01 Å². The lowest BCUT2D eigenvalue weighted by Crippen LogP contribution is -2.13. The molecule has 1 aromatic carbocycles. The van der Waals surface area contributed by atoms with Gasteiger partial charge in [-0.05, 0) is 24.6 Å². The van der Waals surface area contributed by atoms with Gasteiger partial charge in [0.15, 0.2) is 0 Å². The van der Waals surface area contributed by atoms with Crippen molar-refractivity contribution in [1.82, 2.24) is 10.2 Å². The van der Waals surface area contributed by atoms with E-state index in [4.69, 9.17) is 5.26 Å². The lowest BCUT2D eigenvalue weighted by molar-refractivity contribution is -0.113. The first kappa shape index (κ1) is 14.5. The number of aryl methyl sites for hydroxylation is 1. The van der Waals surface area contributed by atoms with E-state index in [1.54, 1.807) is 12.1 Å². The van der Waals surface area contributed by atoms with Crippen LogP contribution in [0.5, 0.6) is 0 Å². The maximum atomic E-state index is 11.7. The molecule has 0 atom stereocenters. The third-order valence-corrected chi connectivity index (χ3v) is 4.12. The van der Waals surface area contributed by atoms with Crippen LogP contribution in [0.2, 0.25) is 0 Å². The number of carbonyl (C=O) groups is 1. The van der Waals surface area contributed by atoms with Crippen LogP contribution in [0.15, 0.2) is 24.3 Å². The molecule has 7 heteroatoms. The highest BCUT2D eigenvalue weighted by Crippen LogP contribution is 2.16. The molecule has 2 rings (SSSR count). The van der Waals surface area contributed by atoms with Gasteiger partial charge in [-0.2, -0.15) is 5.26 Å². The largest absolute Gasteiger partial charge is 0.300 e. The van der Waals surface area contributed by atoms with Gasteiger partial charge in [-0.1, -0.05) is 23.5 Å². The average molecular weight is 304 g/mol. The van der Waals surface area contributed by atoms with Crippen molar-refractivity contribution in [2.75, 3.05) is 11.1 Å². The highest BCUT2D eigenvalue weighted by Gasteiger charge is 2.06. The fourth-order valence-corrected chi connectivity index (χ4v) is 2.84. The molecule has 5 nitrogen and oxygen atoms in total. The number of nitriles is 1. The first-order chi connectivity index (χ1) is 9.67. The fraction of sp³-hybridized carbons (Fsp3) is 0.231. The van der Waals surface area contributed by atoms with Gasteiger partial charge in [-0.25, -0.2) is 0 Å². The molecule has 102 valence electrons. The van der Waals surface area contributed by atoms with Gasteiger partial charge >= 0.3 is 0 Å². The SMILES string of the molecule is Cc1nnc(NC(=O)CSCc2ccc(C#N)cc2)s1. The molecule has 1 aromatic heterocycles. The fourth-order valence-electron chi connectivity index (χ4n) is 1.44. The van der Waals surface area contributed by atoms with Crippen molar-refractivity contribution < 1.29 is 4.79 Å². The third kappa shape index (κ3) is 4.33. The van der Waals surface area contributed by atoms with Crippen molar-refractivity contribution in [3.05, 3.63) is 40.4 Å². The van der Waals surface area contributed by atoms with E-state index in [9.17, 15) is 4.79 Å². The van der Waals surface area contributed by atoms with Crippen LogP contribution in [-0.4, -0.2) is 21.9 Å². The lowest BCUT2D eigenvalue weighted by atomic mass is 10.2. The van der Waals surface area contributed by atoms with Gasteiger partial charge in [0.2, 0.25) is 11.0 Å². The summed E-state index contributed by atoms with van der Waals surface area (Å²) in [6.07, 6.45) is 0. The summed E-state index contributed by atoms with van der Waals surface area (Å²) in [7, 11) is 0. The second-order valence-electron chi connectivity index (χ2n) is 3.98. The van der Waals surface area contributed by atoms with Crippen LogP contribution in [0.25, 0.3) is 0 Å². The minimum absolute atomic E-state index is 0.0835. The molecular formula is C13H12N4OS2. The van der Waals surface area contributed by atoms with E-state index in [0.29, 0.717) is 16.4 Å². The number of aromatic nitrogens is 2. The molecule has 0 aliphatic carbocycles. The zero-order valence-corrected chi connectivity index (χ0v) is 12.4. The Morgan fingerprint density at radius 2 is 2.15 bits per heavy atom. The predicted molar refractivity (Wildman–Crippen MR) is 80.6 cm³/mol. The van der Waals surface area contributed by atoms with Crippen LogP contribution < -0.4 is 5.32 Å². The maximum Gasteiger partial charge on any atom is 0.236 e. The summed E-state index contributed by atoms with van der Waals surface area (Å²) in [6, 6.07) is 9.43. The predicted octanol–water partition coefficient (Wildman–Crippen LogP) is 2.59. The molecule has 0 unspecified atom stereocenters. The van der Waals surface area contributed by atoms with Gasteiger partial charge in [0.05, 0.1) is 17.4 Å². The molecule has 2 aromatic rings. The van der Waals surface area contributed by atoms with Crippen LogP contribution in [0.3, 0.4) is 0 Å². The number of amides is 1. The first-order valence-corrected chi connectivity index (χ1v) is 7.81. The number of rotatable bonds is 5. The Kier molecular flexibility index (Phi) is 5.09. The minimum atomic E-state index is -0.0835. The Morgan fingerprint density at radius 1 is 1.40 bits per heavy atom. The molecule has 1 heterocycles. The van der Waals surface area contributed by atoms with Crippen LogP contribution >= 0.6 is 23.1 Å². The zero-order chi connectivity index (χ0) is 14.4. The Balaban J connectivity index is 1.75. The topological polar surface area (TPSA) is 78.7 Å². The zero-order valence-electron chi connectivity index (χ0n) is 10.8. The molecule has 1 amide bonds. The van der Waals surface area contributed by atoms with E-state index >= 15 is 0 Å².